The number of amides is 3. The highest BCUT2D eigenvalue weighted by molar-refractivity contribution is 9.10. The molecule has 40 heavy (non-hydrogen) atoms. The summed E-state index contributed by atoms with van der Waals surface area (Å²) >= 11 is 4.41. The predicted octanol–water partition coefficient (Wildman–Crippen LogP) is 7.26. The van der Waals surface area contributed by atoms with Gasteiger partial charge in [-0.1, -0.05) is 60.7 Å². The molecule has 0 radical (unpaired) electrons. The molecule has 0 atom stereocenters. The summed E-state index contributed by atoms with van der Waals surface area (Å²) in [7, 11) is 0. The maximum Gasteiger partial charge on any atom is 0.293 e. The fraction of sp³-hybridized carbons (Fsp3) is 0.129. The van der Waals surface area contributed by atoms with E-state index in [-0.39, 0.29) is 30.2 Å². The SMILES string of the molecule is CCOc1cc(/C=C2/SC(=O)N(Cc3cccc4ccccc34)C2=O)cc(Br)c1OCC(=O)Nc1ccccc1. The summed E-state index contributed by atoms with van der Waals surface area (Å²) in [5, 5.41) is 4.51. The smallest absolute Gasteiger partial charge is 0.293 e. The molecule has 3 amide bonds. The van der Waals surface area contributed by atoms with E-state index in [2.05, 4.69) is 21.2 Å². The van der Waals surface area contributed by atoms with Gasteiger partial charge in [-0.25, -0.2) is 0 Å². The van der Waals surface area contributed by atoms with Crippen LogP contribution in [0.15, 0.2) is 94.3 Å². The number of halogens is 1. The van der Waals surface area contributed by atoms with Crippen molar-refractivity contribution in [2.24, 2.45) is 0 Å². The number of carbonyl (C=O) groups excluding carboxylic acids is 3. The van der Waals surface area contributed by atoms with Crippen LogP contribution in [-0.2, 0) is 16.1 Å². The molecule has 4 aromatic rings. The van der Waals surface area contributed by atoms with Crippen molar-refractivity contribution < 1.29 is 23.9 Å². The molecule has 9 heteroatoms. The van der Waals surface area contributed by atoms with Crippen molar-refractivity contribution in [2.45, 2.75) is 13.5 Å². The van der Waals surface area contributed by atoms with E-state index >= 15 is 0 Å². The van der Waals surface area contributed by atoms with Gasteiger partial charge in [-0.3, -0.25) is 19.3 Å². The van der Waals surface area contributed by atoms with E-state index in [4.69, 9.17) is 9.47 Å². The van der Waals surface area contributed by atoms with E-state index in [9.17, 15) is 14.4 Å². The van der Waals surface area contributed by atoms with Crippen molar-refractivity contribution in [1.82, 2.24) is 4.90 Å². The zero-order chi connectivity index (χ0) is 28.1. The molecule has 202 valence electrons. The molecule has 1 fully saturated rings. The van der Waals surface area contributed by atoms with Crippen molar-refractivity contribution >= 4 is 67.3 Å². The van der Waals surface area contributed by atoms with Crippen LogP contribution in [0, 0.1) is 0 Å². The molecule has 1 N–H and O–H groups in total. The molecule has 4 aromatic carbocycles. The second-order valence-electron chi connectivity index (χ2n) is 8.87. The highest BCUT2D eigenvalue weighted by Gasteiger charge is 2.35. The zero-order valence-electron chi connectivity index (χ0n) is 21.6. The molecule has 0 spiro atoms. The number of hydrogen-bond acceptors (Lipinski definition) is 6. The van der Waals surface area contributed by atoms with Crippen molar-refractivity contribution in [1.29, 1.82) is 0 Å². The number of carbonyl (C=O) groups is 3. The quantitative estimate of drug-likeness (QED) is 0.199. The van der Waals surface area contributed by atoms with Crippen molar-refractivity contribution in [3.8, 4) is 11.5 Å². The molecule has 5 rings (SSSR count). The molecule has 0 bridgehead atoms. The standard InChI is InChI=1S/C31H25BrN2O5S/c1-2-38-26-16-20(15-25(32)29(26)39-19-28(35)33-23-12-4-3-5-13-23)17-27-30(36)34(31(37)40-27)18-22-11-8-10-21-9-6-7-14-24(21)22/h3-17H,2,18-19H2,1H3,(H,33,35)/b27-17+. The van der Waals surface area contributed by atoms with Gasteiger partial charge in [-0.15, -0.1) is 0 Å². The number of nitrogens with one attached hydrogen (secondary N) is 1. The van der Waals surface area contributed by atoms with E-state index in [0.29, 0.717) is 38.7 Å². The number of rotatable bonds is 9. The second-order valence-corrected chi connectivity index (χ2v) is 10.7. The zero-order valence-corrected chi connectivity index (χ0v) is 24.0. The van der Waals surface area contributed by atoms with Crippen LogP contribution in [0.2, 0.25) is 0 Å². The highest BCUT2D eigenvalue weighted by atomic mass is 79.9. The Kier molecular flexibility index (Phi) is 8.52. The van der Waals surface area contributed by atoms with Crippen LogP contribution in [0.4, 0.5) is 10.5 Å². The number of fused-ring (bicyclic) bond motifs is 1. The Hall–Kier alpha value is -4.08. The van der Waals surface area contributed by atoms with Crippen LogP contribution in [-0.4, -0.2) is 35.2 Å². The summed E-state index contributed by atoms with van der Waals surface area (Å²) in [4.78, 5) is 40.1. The lowest BCUT2D eigenvalue weighted by molar-refractivity contribution is -0.123. The molecule has 0 aromatic heterocycles. The first-order chi connectivity index (χ1) is 19.4. The minimum Gasteiger partial charge on any atom is -0.490 e. The van der Waals surface area contributed by atoms with Crippen LogP contribution in [0.5, 0.6) is 11.5 Å². The average Bonchev–Trinajstić information content (AvgIpc) is 3.20. The molecule has 1 aliphatic heterocycles. The van der Waals surface area contributed by atoms with Gasteiger partial charge in [0.05, 0.1) is 22.5 Å². The first kappa shape index (κ1) is 27.5. The number of thioether (sulfide) groups is 1. The van der Waals surface area contributed by atoms with Gasteiger partial charge >= 0.3 is 0 Å². The summed E-state index contributed by atoms with van der Waals surface area (Å²) in [6.07, 6.45) is 1.66. The average molecular weight is 618 g/mol. The second kappa shape index (κ2) is 12.4. The van der Waals surface area contributed by atoms with Gasteiger partial charge in [-0.2, -0.15) is 0 Å². The third kappa shape index (κ3) is 6.21. The Morgan fingerprint density at radius 2 is 1.73 bits per heavy atom. The number of hydrogen-bond donors (Lipinski definition) is 1. The summed E-state index contributed by atoms with van der Waals surface area (Å²) in [5.74, 6) is 0.108. The lowest BCUT2D eigenvalue weighted by atomic mass is 10.0. The van der Waals surface area contributed by atoms with E-state index in [0.717, 1.165) is 28.1 Å². The fourth-order valence-electron chi connectivity index (χ4n) is 4.32. The van der Waals surface area contributed by atoms with E-state index in [1.807, 2.05) is 67.6 Å². The largest absolute Gasteiger partial charge is 0.490 e. The number of anilines is 1. The maximum atomic E-state index is 13.3. The van der Waals surface area contributed by atoms with Gasteiger partial charge in [0.1, 0.15) is 0 Å². The Morgan fingerprint density at radius 1 is 0.975 bits per heavy atom. The lowest BCUT2D eigenvalue weighted by Crippen LogP contribution is -2.27. The number of benzene rings is 4. The molecular formula is C31H25BrN2O5S. The summed E-state index contributed by atoms with van der Waals surface area (Å²) in [5.41, 5.74) is 2.22. The Labute approximate surface area is 244 Å². The van der Waals surface area contributed by atoms with E-state index in [1.165, 1.54) is 4.90 Å². The first-order valence-corrected chi connectivity index (χ1v) is 14.2. The molecule has 0 unspecified atom stereocenters. The first-order valence-electron chi connectivity index (χ1n) is 12.6. The number of ether oxygens (including phenoxy) is 2. The Balaban J connectivity index is 1.33. The normalized spacial score (nSPS) is 14.2. The molecule has 7 nitrogen and oxygen atoms in total. The number of para-hydroxylation sites is 1. The number of imide groups is 1. The molecule has 0 saturated carbocycles. The predicted molar refractivity (Wildman–Crippen MR) is 161 cm³/mol. The minimum atomic E-state index is -0.352. The van der Waals surface area contributed by atoms with Crippen LogP contribution in [0.25, 0.3) is 16.8 Å². The molecule has 1 heterocycles. The van der Waals surface area contributed by atoms with Gasteiger partial charge < -0.3 is 14.8 Å². The summed E-state index contributed by atoms with van der Waals surface area (Å²) in [6, 6.07) is 26.3. The Morgan fingerprint density at radius 3 is 2.52 bits per heavy atom. The van der Waals surface area contributed by atoms with Gasteiger partial charge in [0.25, 0.3) is 17.1 Å². The fourth-order valence-corrected chi connectivity index (χ4v) is 5.73. The Bertz CT molecular complexity index is 1620. The van der Waals surface area contributed by atoms with Gasteiger partial charge in [0.15, 0.2) is 18.1 Å². The third-order valence-electron chi connectivity index (χ3n) is 6.12. The van der Waals surface area contributed by atoms with E-state index in [1.54, 1.807) is 30.3 Å². The topological polar surface area (TPSA) is 84.9 Å². The molecular weight excluding hydrogens is 592 g/mol. The monoisotopic (exact) mass is 616 g/mol. The van der Waals surface area contributed by atoms with Crippen LogP contribution >= 0.6 is 27.7 Å². The maximum absolute atomic E-state index is 13.3. The van der Waals surface area contributed by atoms with Gasteiger partial charge in [-0.05, 0) is 86.9 Å². The summed E-state index contributed by atoms with van der Waals surface area (Å²) < 4.78 is 12.1. The van der Waals surface area contributed by atoms with Crippen molar-refractivity contribution in [3.05, 3.63) is 105 Å². The minimum absolute atomic E-state index is 0.190. The number of nitrogens with zero attached hydrogens (tertiary/aromatic N) is 1. The molecule has 0 aliphatic carbocycles. The van der Waals surface area contributed by atoms with Crippen LogP contribution < -0.4 is 14.8 Å². The van der Waals surface area contributed by atoms with Crippen LogP contribution in [0.3, 0.4) is 0 Å². The van der Waals surface area contributed by atoms with Gasteiger partial charge in [0, 0.05) is 5.69 Å². The molecule has 1 saturated heterocycles. The van der Waals surface area contributed by atoms with Crippen molar-refractivity contribution in [3.63, 3.8) is 0 Å². The third-order valence-corrected chi connectivity index (χ3v) is 7.61. The van der Waals surface area contributed by atoms with E-state index < -0.39 is 0 Å². The highest BCUT2D eigenvalue weighted by Crippen LogP contribution is 2.40. The summed E-state index contributed by atoms with van der Waals surface area (Å²) in [6.45, 7) is 2.17. The van der Waals surface area contributed by atoms with Crippen molar-refractivity contribution in [2.75, 3.05) is 18.5 Å². The van der Waals surface area contributed by atoms with Gasteiger partial charge in [0.2, 0.25) is 0 Å². The lowest BCUT2D eigenvalue weighted by Gasteiger charge is -2.15. The molecule has 1 aliphatic rings. The van der Waals surface area contributed by atoms with Crippen LogP contribution in [0.1, 0.15) is 18.1 Å².